The van der Waals surface area contributed by atoms with E-state index in [9.17, 15) is 18.3 Å². The summed E-state index contributed by atoms with van der Waals surface area (Å²) in [4.78, 5) is 10.2. The Morgan fingerprint density at radius 2 is 2.04 bits per heavy atom. The number of aliphatic hydroxyl groups is 1. The maximum absolute atomic E-state index is 13.0. The first-order valence-electron chi connectivity index (χ1n) is 6.98. The topological polar surface area (TPSA) is 49.2 Å². The van der Waals surface area contributed by atoms with Gasteiger partial charge >= 0.3 is 6.18 Å². The number of hydrogen-bond acceptors (Lipinski definition) is 4. The van der Waals surface area contributed by atoms with Gasteiger partial charge in [-0.2, -0.15) is 13.2 Å². The summed E-state index contributed by atoms with van der Waals surface area (Å²) in [5.74, 6) is 0.765. The highest BCUT2D eigenvalue weighted by atomic mass is 35.5. The average Bonchev–Trinajstić information content (AvgIpc) is 2.93. The Bertz CT molecular complexity index is 723. The predicted octanol–water partition coefficient (Wildman–Crippen LogP) is 3.39. The number of hydrogen-bond donors (Lipinski definition) is 1. The van der Waals surface area contributed by atoms with Crippen LogP contribution in [0.2, 0.25) is 5.02 Å². The number of aliphatic hydroxyl groups excluding tert-OH is 1. The molecular weight excluding hydrogens is 331 g/mol. The first kappa shape index (κ1) is 16.0. The standard InChI is InChI=1S/C15H13ClF3N3O/c16-12-2-1-9(7-11(12)15(17,18)19)14-20-5-3-13(21-14)22-6-4-10(23)8-22/h1-3,5,7,10,23H,4,6,8H2/t10-/m0/s1. The number of benzene rings is 1. The molecule has 2 aromatic rings. The molecule has 8 heteroatoms. The van der Waals surface area contributed by atoms with Gasteiger partial charge in [0.2, 0.25) is 0 Å². The summed E-state index contributed by atoms with van der Waals surface area (Å²) in [6.45, 7) is 1.09. The molecule has 1 N–H and O–H groups in total. The van der Waals surface area contributed by atoms with Gasteiger partial charge in [0.25, 0.3) is 0 Å². The van der Waals surface area contributed by atoms with Crippen molar-refractivity contribution in [2.75, 3.05) is 18.0 Å². The lowest BCUT2D eigenvalue weighted by atomic mass is 10.1. The molecule has 0 saturated carbocycles. The fourth-order valence-corrected chi connectivity index (χ4v) is 2.72. The molecule has 1 aromatic heterocycles. The summed E-state index contributed by atoms with van der Waals surface area (Å²) in [7, 11) is 0. The number of nitrogens with zero attached hydrogens (tertiary/aromatic N) is 3. The molecule has 23 heavy (non-hydrogen) atoms. The third-order valence-electron chi connectivity index (χ3n) is 3.66. The Morgan fingerprint density at radius 1 is 1.26 bits per heavy atom. The molecule has 1 aliphatic rings. The fourth-order valence-electron chi connectivity index (χ4n) is 2.50. The Hall–Kier alpha value is -1.86. The normalized spacial score (nSPS) is 18.5. The van der Waals surface area contributed by atoms with Crippen LogP contribution in [0.15, 0.2) is 30.5 Å². The number of β-amino-alcohol motifs (C(OH)–C–C–N with tert-alkyl or cyclic N) is 1. The van der Waals surface area contributed by atoms with Gasteiger partial charge in [0.15, 0.2) is 5.82 Å². The highest BCUT2D eigenvalue weighted by Crippen LogP contribution is 2.36. The molecule has 1 saturated heterocycles. The van der Waals surface area contributed by atoms with Crippen LogP contribution in [-0.2, 0) is 6.18 Å². The molecule has 1 aliphatic heterocycles. The van der Waals surface area contributed by atoms with Crippen molar-refractivity contribution >= 4 is 17.4 Å². The summed E-state index contributed by atoms with van der Waals surface area (Å²) in [5.41, 5.74) is -0.675. The SMILES string of the molecule is O[C@H]1CCN(c2ccnc(-c3ccc(Cl)c(C(F)(F)F)c3)n2)C1. The van der Waals surface area contributed by atoms with Crippen molar-refractivity contribution < 1.29 is 18.3 Å². The highest BCUT2D eigenvalue weighted by molar-refractivity contribution is 6.31. The third-order valence-corrected chi connectivity index (χ3v) is 3.99. The smallest absolute Gasteiger partial charge is 0.391 e. The molecule has 0 spiro atoms. The van der Waals surface area contributed by atoms with Crippen molar-refractivity contribution in [3.63, 3.8) is 0 Å². The summed E-state index contributed by atoms with van der Waals surface area (Å²) >= 11 is 5.62. The summed E-state index contributed by atoms with van der Waals surface area (Å²) in [5, 5.41) is 9.22. The molecular formula is C15H13ClF3N3O. The van der Waals surface area contributed by atoms with Gasteiger partial charge in [0.1, 0.15) is 5.82 Å². The van der Waals surface area contributed by atoms with Crippen molar-refractivity contribution in [1.82, 2.24) is 9.97 Å². The maximum Gasteiger partial charge on any atom is 0.417 e. The van der Waals surface area contributed by atoms with E-state index >= 15 is 0 Å². The lowest BCUT2D eigenvalue weighted by Gasteiger charge is -2.17. The van der Waals surface area contributed by atoms with Crippen molar-refractivity contribution in [2.45, 2.75) is 18.7 Å². The molecule has 0 amide bonds. The van der Waals surface area contributed by atoms with E-state index < -0.39 is 17.8 Å². The van der Waals surface area contributed by atoms with Crippen LogP contribution in [0.5, 0.6) is 0 Å². The molecule has 1 atom stereocenters. The lowest BCUT2D eigenvalue weighted by Crippen LogP contribution is -2.22. The Balaban J connectivity index is 1.96. The molecule has 2 heterocycles. The van der Waals surface area contributed by atoms with Crippen LogP contribution < -0.4 is 4.90 Å². The van der Waals surface area contributed by atoms with Gasteiger partial charge in [-0.1, -0.05) is 11.6 Å². The lowest BCUT2D eigenvalue weighted by molar-refractivity contribution is -0.137. The van der Waals surface area contributed by atoms with Gasteiger partial charge in [-0.25, -0.2) is 9.97 Å². The summed E-state index contributed by atoms with van der Waals surface area (Å²) in [6.07, 6.45) is -2.83. The van der Waals surface area contributed by atoms with Gasteiger partial charge in [0, 0.05) is 24.8 Å². The summed E-state index contributed by atoms with van der Waals surface area (Å²) < 4.78 is 38.9. The largest absolute Gasteiger partial charge is 0.417 e. The van der Waals surface area contributed by atoms with Gasteiger partial charge in [-0.3, -0.25) is 0 Å². The summed E-state index contributed by atoms with van der Waals surface area (Å²) in [6, 6.07) is 5.26. The second kappa shape index (κ2) is 5.98. The molecule has 1 fully saturated rings. The van der Waals surface area contributed by atoms with Crippen molar-refractivity contribution in [2.24, 2.45) is 0 Å². The Labute approximate surface area is 135 Å². The van der Waals surface area contributed by atoms with E-state index in [0.717, 1.165) is 6.07 Å². The van der Waals surface area contributed by atoms with Crippen LogP contribution >= 0.6 is 11.6 Å². The van der Waals surface area contributed by atoms with Crippen LogP contribution in [-0.4, -0.2) is 34.3 Å². The monoisotopic (exact) mass is 343 g/mol. The Kier molecular flexibility index (Phi) is 4.16. The molecule has 0 radical (unpaired) electrons. The minimum Gasteiger partial charge on any atom is -0.391 e. The number of anilines is 1. The Morgan fingerprint density at radius 3 is 2.70 bits per heavy atom. The quantitative estimate of drug-likeness (QED) is 0.908. The first-order chi connectivity index (χ1) is 10.8. The van der Waals surface area contributed by atoms with E-state index in [0.29, 0.717) is 25.3 Å². The van der Waals surface area contributed by atoms with Crippen molar-refractivity contribution in [3.05, 3.63) is 41.0 Å². The fraction of sp³-hybridized carbons (Fsp3) is 0.333. The van der Waals surface area contributed by atoms with Gasteiger partial charge in [-0.15, -0.1) is 0 Å². The maximum atomic E-state index is 13.0. The molecule has 122 valence electrons. The number of rotatable bonds is 2. The van der Waals surface area contributed by atoms with Crippen LogP contribution in [0.3, 0.4) is 0 Å². The second-order valence-electron chi connectivity index (χ2n) is 5.32. The highest BCUT2D eigenvalue weighted by Gasteiger charge is 2.33. The molecule has 0 bridgehead atoms. The van der Waals surface area contributed by atoms with Crippen LogP contribution in [0.1, 0.15) is 12.0 Å². The number of alkyl halides is 3. The molecule has 4 nitrogen and oxygen atoms in total. The van der Waals surface area contributed by atoms with E-state index in [2.05, 4.69) is 9.97 Å². The average molecular weight is 344 g/mol. The first-order valence-corrected chi connectivity index (χ1v) is 7.35. The van der Waals surface area contributed by atoms with E-state index in [1.807, 2.05) is 4.90 Å². The zero-order valence-corrected chi connectivity index (χ0v) is 12.6. The number of halogens is 4. The van der Waals surface area contributed by atoms with Gasteiger partial charge in [-0.05, 0) is 30.7 Å². The van der Waals surface area contributed by atoms with Crippen LogP contribution in [0.25, 0.3) is 11.4 Å². The predicted molar refractivity (Wildman–Crippen MR) is 80.3 cm³/mol. The van der Waals surface area contributed by atoms with E-state index in [4.69, 9.17) is 11.6 Å². The van der Waals surface area contributed by atoms with Crippen molar-refractivity contribution in [3.8, 4) is 11.4 Å². The van der Waals surface area contributed by atoms with Crippen LogP contribution in [0, 0.1) is 0 Å². The van der Waals surface area contributed by atoms with E-state index in [1.54, 1.807) is 6.07 Å². The number of aromatic nitrogens is 2. The third kappa shape index (κ3) is 3.40. The van der Waals surface area contributed by atoms with E-state index in [-0.39, 0.29) is 16.4 Å². The minimum atomic E-state index is -4.54. The zero-order valence-electron chi connectivity index (χ0n) is 11.9. The van der Waals surface area contributed by atoms with E-state index in [1.165, 1.54) is 18.3 Å². The minimum absolute atomic E-state index is 0.186. The van der Waals surface area contributed by atoms with Crippen molar-refractivity contribution in [1.29, 1.82) is 0 Å². The van der Waals surface area contributed by atoms with Crippen LogP contribution in [0.4, 0.5) is 19.0 Å². The molecule has 0 aliphatic carbocycles. The zero-order chi connectivity index (χ0) is 16.6. The molecule has 0 unspecified atom stereocenters. The molecule has 1 aromatic carbocycles. The van der Waals surface area contributed by atoms with Gasteiger partial charge in [0.05, 0.1) is 16.7 Å². The van der Waals surface area contributed by atoms with Gasteiger partial charge < -0.3 is 10.0 Å². The second-order valence-corrected chi connectivity index (χ2v) is 5.73. The molecule has 3 rings (SSSR count).